The maximum atomic E-state index is 11.4. The average Bonchev–Trinajstić information content (AvgIpc) is 3.03. The van der Waals surface area contributed by atoms with E-state index in [-0.39, 0.29) is 10.2 Å². The number of fused-ring (bicyclic) bond motifs is 1. The molecule has 29 heavy (non-hydrogen) atoms. The summed E-state index contributed by atoms with van der Waals surface area (Å²) >= 11 is 6.10. The summed E-state index contributed by atoms with van der Waals surface area (Å²) in [6, 6.07) is 11.8. The summed E-state index contributed by atoms with van der Waals surface area (Å²) in [6.07, 6.45) is 1.69. The number of primary sulfonamides is 1. The molecule has 0 spiro atoms. The van der Waals surface area contributed by atoms with Gasteiger partial charge in [0, 0.05) is 19.8 Å². The Balaban J connectivity index is 1.72. The van der Waals surface area contributed by atoms with Gasteiger partial charge in [-0.25, -0.2) is 18.2 Å². The van der Waals surface area contributed by atoms with Crippen LogP contribution in [-0.4, -0.2) is 33.2 Å². The van der Waals surface area contributed by atoms with Gasteiger partial charge in [-0.2, -0.15) is 15.1 Å². The first-order chi connectivity index (χ1) is 13.8. The number of nitrogens with one attached hydrogen (secondary N) is 1. The van der Waals surface area contributed by atoms with Crippen molar-refractivity contribution in [3.63, 3.8) is 0 Å². The van der Waals surface area contributed by atoms with Crippen LogP contribution in [0.4, 0.5) is 5.82 Å². The number of aryl methyl sites for hydroxylation is 1. The van der Waals surface area contributed by atoms with E-state index in [9.17, 15) is 8.42 Å². The molecular weight excluding hydrogens is 414 g/mol. The fourth-order valence-corrected chi connectivity index (χ4v) is 3.59. The standard InChI is InChI=1S/C18H16ClN7O2S/c1-26-17-14(15(25-26)13-4-2-3-9-21-13)16(23-18(19)24-17)22-10-11-5-7-12(8-6-11)29(20,27)28/h2-9H,10H2,1H3,(H2,20,27,28)(H,22,23,24). The van der Waals surface area contributed by atoms with Crippen LogP contribution in [-0.2, 0) is 23.6 Å². The van der Waals surface area contributed by atoms with Gasteiger partial charge in [0.05, 0.1) is 16.0 Å². The molecule has 0 amide bonds. The minimum absolute atomic E-state index is 0.0541. The van der Waals surface area contributed by atoms with Crippen LogP contribution in [0.1, 0.15) is 5.56 Å². The van der Waals surface area contributed by atoms with E-state index in [2.05, 4.69) is 25.4 Å². The van der Waals surface area contributed by atoms with E-state index in [1.54, 1.807) is 30.1 Å². The molecule has 1 aromatic carbocycles. The second-order valence-electron chi connectivity index (χ2n) is 6.27. The summed E-state index contributed by atoms with van der Waals surface area (Å²) in [5.41, 5.74) is 2.72. The highest BCUT2D eigenvalue weighted by Gasteiger charge is 2.19. The quantitative estimate of drug-likeness (QED) is 0.466. The molecule has 0 aliphatic carbocycles. The summed E-state index contributed by atoms with van der Waals surface area (Å²) in [5, 5.41) is 13.7. The monoisotopic (exact) mass is 429 g/mol. The van der Waals surface area contributed by atoms with Crippen molar-refractivity contribution in [3.8, 4) is 11.4 Å². The summed E-state index contributed by atoms with van der Waals surface area (Å²) in [6.45, 7) is 0.379. The highest BCUT2D eigenvalue weighted by Crippen LogP contribution is 2.31. The third-order valence-corrected chi connectivity index (χ3v) is 5.37. The van der Waals surface area contributed by atoms with Gasteiger partial charge in [0.1, 0.15) is 11.5 Å². The minimum atomic E-state index is -3.73. The Morgan fingerprint density at radius 1 is 1.14 bits per heavy atom. The Kier molecular flexibility index (Phi) is 4.91. The Hall–Kier alpha value is -3.08. The maximum Gasteiger partial charge on any atom is 0.238 e. The second kappa shape index (κ2) is 7.39. The third kappa shape index (κ3) is 3.90. The molecule has 0 bridgehead atoms. The Morgan fingerprint density at radius 2 is 1.90 bits per heavy atom. The number of rotatable bonds is 5. The molecule has 4 aromatic rings. The van der Waals surface area contributed by atoms with Gasteiger partial charge in [-0.3, -0.25) is 4.98 Å². The Bertz CT molecular complexity index is 1290. The molecular formula is C18H16ClN7O2S. The molecule has 9 nitrogen and oxygen atoms in total. The van der Waals surface area contributed by atoms with Crippen molar-refractivity contribution in [2.45, 2.75) is 11.4 Å². The van der Waals surface area contributed by atoms with Gasteiger partial charge in [-0.15, -0.1) is 0 Å². The van der Waals surface area contributed by atoms with Crippen molar-refractivity contribution in [1.29, 1.82) is 0 Å². The summed E-state index contributed by atoms with van der Waals surface area (Å²) in [4.78, 5) is 13.0. The number of nitrogens with two attached hydrogens (primary N) is 1. The maximum absolute atomic E-state index is 11.4. The highest BCUT2D eigenvalue weighted by atomic mass is 35.5. The van der Waals surface area contributed by atoms with Crippen molar-refractivity contribution in [3.05, 3.63) is 59.5 Å². The first-order valence-corrected chi connectivity index (χ1v) is 10.4. The van der Waals surface area contributed by atoms with E-state index in [1.165, 1.54) is 12.1 Å². The van der Waals surface area contributed by atoms with Gasteiger partial charge in [0.15, 0.2) is 5.65 Å². The molecule has 3 N–H and O–H groups in total. The van der Waals surface area contributed by atoms with E-state index in [0.717, 1.165) is 5.56 Å². The van der Waals surface area contributed by atoms with E-state index in [0.29, 0.717) is 34.8 Å². The van der Waals surface area contributed by atoms with Gasteiger partial charge in [0.25, 0.3) is 0 Å². The van der Waals surface area contributed by atoms with Crippen LogP contribution in [0.3, 0.4) is 0 Å². The number of anilines is 1. The average molecular weight is 430 g/mol. The number of pyridine rings is 1. The SMILES string of the molecule is Cn1nc(-c2ccccn2)c2c(NCc3ccc(S(N)(=O)=O)cc3)nc(Cl)nc21. The Morgan fingerprint density at radius 3 is 2.55 bits per heavy atom. The number of benzene rings is 1. The van der Waals surface area contributed by atoms with Crippen molar-refractivity contribution in [2.75, 3.05) is 5.32 Å². The van der Waals surface area contributed by atoms with E-state index in [1.807, 2.05) is 18.2 Å². The number of halogens is 1. The van der Waals surface area contributed by atoms with Crippen molar-refractivity contribution < 1.29 is 8.42 Å². The smallest absolute Gasteiger partial charge is 0.238 e. The molecule has 3 heterocycles. The topological polar surface area (TPSA) is 129 Å². The predicted octanol–water partition coefficient (Wildman–Crippen LogP) is 2.34. The predicted molar refractivity (Wildman–Crippen MR) is 110 cm³/mol. The zero-order valence-electron chi connectivity index (χ0n) is 15.2. The van der Waals surface area contributed by atoms with Gasteiger partial charge in [0.2, 0.25) is 15.3 Å². The lowest BCUT2D eigenvalue weighted by Crippen LogP contribution is -2.12. The molecule has 0 radical (unpaired) electrons. The van der Waals surface area contributed by atoms with Crippen LogP contribution >= 0.6 is 11.6 Å². The number of hydrogen-bond donors (Lipinski definition) is 2. The van der Waals surface area contributed by atoms with E-state index < -0.39 is 10.0 Å². The van der Waals surface area contributed by atoms with Gasteiger partial charge in [-0.05, 0) is 41.4 Å². The van der Waals surface area contributed by atoms with Crippen molar-refractivity contribution in [1.82, 2.24) is 24.7 Å². The van der Waals surface area contributed by atoms with Gasteiger partial charge >= 0.3 is 0 Å². The van der Waals surface area contributed by atoms with Crippen molar-refractivity contribution >= 4 is 38.5 Å². The van der Waals surface area contributed by atoms with Crippen LogP contribution in [0.5, 0.6) is 0 Å². The minimum Gasteiger partial charge on any atom is -0.365 e. The third-order valence-electron chi connectivity index (χ3n) is 4.28. The van der Waals surface area contributed by atoms with Crippen LogP contribution in [0, 0.1) is 0 Å². The van der Waals surface area contributed by atoms with E-state index >= 15 is 0 Å². The lowest BCUT2D eigenvalue weighted by atomic mass is 10.2. The summed E-state index contributed by atoms with van der Waals surface area (Å²) in [7, 11) is -1.96. The molecule has 0 saturated heterocycles. The van der Waals surface area contributed by atoms with Crippen LogP contribution < -0.4 is 10.5 Å². The summed E-state index contributed by atoms with van der Waals surface area (Å²) < 4.78 is 24.4. The molecule has 0 atom stereocenters. The van der Waals surface area contributed by atoms with Crippen LogP contribution in [0.25, 0.3) is 22.4 Å². The zero-order valence-corrected chi connectivity index (χ0v) is 16.8. The molecule has 11 heteroatoms. The fraction of sp³-hybridized carbons (Fsp3) is 0.111. The summed E-state index contributed by atoms with van der Waals surface area (Å²) in [5.74, 6) is 0.504. The van der Waals surface area contributed by atoms with E-state index in [4.69, 9.17) is 16.7 Å². The van der Waals surface area contributed by atoms with Crippen molar-refractivity contribution in [2.24, 2.45) is 12.2 Å². The molecule has 0 fully saturated rings. The normalized spacial score (nSPS) is 11.7. The first kappa shape index (κ1) is 19.2. The molecule has 0 aliphatic heterocycles. The van der Waals surface area contributed by atoms with Gasteiger partial charge < -0.3 is 5.32 Å². The number of aromatic nitrogens is 5. The number of nitrogens with zero attached hydrogens (tertiary/aromatic N) is 5. The fourth-order valence-electron chi connectivity index (χ4n) is 2.91. The number of hydrogen-bond acceptors (Lipinski definition) is 7. The lowest BCUT2D eigenvalue weighted by Gasteiger charge is -2.09. The van der Waals surface area contributed by atoms with Gasteiger partial charge in [-0.1, -0.05) is 18.2 Å². The van der Waals surface area contributed by atoms with Crippen LogP contribution in [0.15, 0.2) is 53.6 Å². The molecule has 148 valence electrons. The highest BCUT2D eigenvalue weighted by molar-refractivity contribution is 7.89. The first-order valence-electron chi connectivity index (χ1n) is 8.50. The number of sulfonamides is 1. The molecule has 3 aromatic heterocycles. The molecule has 0 aliphatic rings. The Labute approximate surface area is 171 Å². The second-order valence-corrected chi connectivity index (χ2v) is 8.17. The lowest BCUT2D eigenvalue weighted by molar-refractivity contribution is 0.598. The zero-order chi connectivity index (χ0) is 20.6. The largest absolute Gasteiger partial charge is 0.365 e. The van der Waals surface area contributed by atoms with Crippen LogP contribution in [0.2, 0.25) is 5.28 Å². The molecule has 4 rings (SSSR count). The molecule has 0 saturated carbocycles. The molecule has 0 unspecified atom stereocenters.